The van der Waals surface area contributed by atoms with E-state index in [1.807, 2.05) is 29.2 Å². The zero-order chi connectivity index (χ0) is 20.2. The third-order valence-electron chi connectivity index (χ3n) is 7.42. The molecule has 1 saturated carbocycles. The van der Waals surface area contributed by atoms with Crippen molar-refractivity contribution in [3.05, 3.63) is 46.8 Å². The Labute approximate surface area is 171 Å². The second-order valence-corrected chi connectivity index (χ2v) is 9.15. The van der Waals surface area contributed by atoms with Gasteiger partial charge in [0.05, 0.1) is 12.7 Å². The average Bonchev–Trinajstić information content (AvgIpc) is 3.43. The summed E-state index contributed by atoms with van der Waals surface area (Å²) in [5.41, 5.74) is 2.87. The summed E-state index contributed by atoms with van der Waals surface area (Å²) in [7, 11) is 1.64. The molecule has 5 rings (SSSR count). The van der Waals surface area contributed by atoms with Crippen LogP contribution in [0.15, 0.2) is 24.3 Å². The standard InChI is InChI=1S/C23H29N3O3/c1-14-3-8-20-18(11-14)21(25-24-20)22(27)26-12-15-9-10-23(28,19(15)13-26)16-4-6-17(29-2)7-5-16/h4-7,14-15,19,28H,3,8-13H2,1-2H3,(H,24,25)/t14?,15-,19+,23+/m1/s1. The number of amides is 1. The monoisotopic (exact) mass is 395 g/mol. The van der Waals surface area contributed by atoms with Crippen LogP contribution < -0.4 is 4.74 Å². The maximum Gasteiger partial charge on any atom is 0.274 e. The molecule has 1 aliphatic heterocycles. The number of likely N-dealkylation sites (tertiary alicyclic amines) is 1. The summed E-state index contributed by atoms with van der Waals surface area (Å²) in [5.74, 6) is 1.79. The van der Waals surface area contributed by atoms with Crippen molar-refractivity contribution in [2.45, 2.75) is 44.6 Å². The summed E-state index contributed by atoms with van der Waals surface area (Å²) in [6, 6.07) is 7.71. The molecule has 3 aliphatic rings. The van der Waals surface area contributed by atoms with Gasteiger partial charge < -0.3 is 14.7 Å². The summed E-state index contributed by atoms with van der Waals surface area (Å²) in [4.78, 5) is 15.2. The topological polar surface area (TPSA) is 78.5 Å². The molecule has 0 radical (unpaired) electrons. The van der Waals surface area contributed by atoms with Crippen LogP contribution in [-0.2, 0) is 18.4 Å². The number of aromatic nitrogens is 2. The Morgan fingerprint density at radius 1 is 1.28 bits per heavy atom. The van der Waals surface area contributed by atoms with E-state index in [1.165, 1.54) is 0 Å². The number of aromatic amines is 1. The van der Waals surface area contributed by atoms with Gasteiger partial charge in [-0.05, 0) is 61.6 Å². The molecule has 2 heterocycles. The molecule has 1 saturated heterocycles. The van der Waals surface area contributed by atoms with Gasteiger partial charge in [0.15, 0.2) is 5.69 Å². The lowest BCUT2D eigenvalue weighted by atomic mass is 9.82. The summed E-state index contributed by atoms with van der Waals surface area (Å²) in [6.45, 7) is 3.53. The van der Waals surface area contributed by atoms with Crippen LogP contribution in [0.2, 0.25) is 0 Å². The highest BCUT2D eigenvalue weighted by atomic mass is 16.5. The van der Waals surface area contributed by atoms with E-state index in [0.29, 0.717) is 30.6 Å². The highest BCUT2D eigenvalue weighted by Gasteiger charge is 2.53. The lowest BCUT2D eigenvalue weighted by Crippen LogP contribution is -2.37. The predicted molar refractivity (Wildman–Crippen MR) is 109 cm³/mol. The number of rotatable bonds is 3. The highest BCUT2D eigenvalue weighted by Crippen LogP contribution is 2.50. The Bertz CT molecular complexity index is 922. The first kappa shape index (κ1) is 18.7. The predicted octanol–water partition coefficient (Wildman–Crippen LogP) is 2.91. The van der Waals surface area contributed by atoms with E-state index < -0.39 is 5.60 Å². The molecule has 0 spiro atoms. The molecule has 2 fully saturated rings. The molecule has 1 unspecified atom stereocenters. The molecule has 6 nitrogen and oxygen atoms in total. The number of aryl methyl sites for hydroxylation is 1. The lowest BCUT2D eigenvalue weighted by molar-refractivity contribution is -0.00594. The third-order valence-corrected chi connectivity index (χ3v) is 7.42. The summed E-state index contributed by atoms with van der Waals surface area (Å²) < 4.78 is 5.25. The van der Waals surface area contributed by atoms with Crippen LogP contribution in [0.25, 0.3) is 0 Å². The van der Waals surface area contributed by atoms with Gasteiger partial charge in [0.2, 0.25) is 0 Å². The molecule has 4 atom stereocenters. The van der Waals surface area contributed by atoms with E-state index in [1.54, 1.807) is 7.11 Å². The lowest BCUT2D eigenvalue weighted by Gasteiger charge is -2.31. The molecule has 1 aromatic carbocycles. The van der Waals surface area contributed by atoms with Crippen LogP contribution in [0.4, 0.5) is 0 Å². The van der Waals surface area contributed by atoms with Crippen molar-refractivity contribution in [3.8, 4) is 5.75 Å². The van der Waals surface area contributed by atoms with Gasteiger partial charge in [-0.25, -0.2) is 0 Å². The number of carbonyl (C=O) groups excluding carboxylic acids is 1. The maximum absolute atomic E-state index is 13.3. The molecule has 6 heteroatoms. The zero-order valence-electron chi connectivity index (χ0n) is 17.1. The Kier molecular flexibility index (Phi) is 4.42. The first-order valence-electron chi connectivity index (χ1n) is 10.7. The molecular formula is C23H29N3O3. The number of H-pyrrole nitrogens is 1. The van der Waals surface area contributed by atoms with E-state index >= 15 is 0 Å². The Hall–Kier alpha value is -2.34. The normalized spacial score (nSPS) is 30.9. The van der Waals surface area contributed by atoms with Crippen LogP contribution in [0.1, 0.15) is 53.5 Å². The van der Waals surface area contributed by atoms with Gasteiger partial charge in [0.25, 0.3) is 5.91 Å². The number of benzene rings is 1. The molecule has 2 aliphatic carbocycles. The van der Waals surface area contributed by atoms with Crippen molar-refractivity contribution in [3.63, 3.8) is 0 Å². The first-order chi connectivity index (χ1) is 14.0. The number of ether oxygens (including phenoxy) is 1. The number of nitrogens with one attached hydrogen (secondary N) is 1. The fourth-order valence-corrected chi connectivity index (χ4v) is 5.70. The van der Waals surface area contributed by atoms with Crippen LogP contribution in [-0.4, -0.2) is 46.3 Å². The molecule has 29 heavy (non-hydrogen) atoms. The minimum Gasteiger partial charge on any atom is -0.497 e. The number of hydrogen-bond donors (Lipinski definition) is 2. The zero-order valence-corrected chi connectivity index (χ0v) is 17.1. The van der Waals surface area contributed by atoms with E-state index in [-0.39, 0.29) is 11.8 Å². The van der Waals surface area contributed by atoms with Crippen molar-refractivity contribution < 1.29 is 14.6 Å². The van der Waals surface area contributed by atoms with Crippen molar-refractivity contribution >= 4 is 5.91 Å². The third kappa shape index (κ3) is 2.96. The molecule has 1 aromatic heterocycles. The van der Waals surface area contributed by atoms with Crippen molar-refractivity contribution in [2.75, 3.05) is 20.2 Å². The minimum atomic E-state index is -0.883. The van der Waals surface area contributed by atoms with Crippen molar-refractivity contribution in [1.82, 2.24) is 15.1 Å². The number of aliphatic hydroxyl groups is 1. The number of methoxy groups -OCH3 is 1. The largest absolute Gasteiger partial charge is 0.497 e. The number of carbonyl (C=O) groups is 1. The summed E-state index contributed by atoms with van der Waals surface area (Å²) in [5, 5.41) is 19.0. The minimum absolute atomic E-state index is 0.0167. The number of fused-ring (bicyclic) bond motifs is 2. The van der Waals surface area contributed by atoms with Crippen LogP contribution in [0.5, 0.6) is 5.75 Å². The van der Waals surface area contributed by atoms with E-state index in [9.17, 15) is 9.90 Å². The molecule has 2 N–H and O–H groups in total. The molecule has 2 aromatic rings. The van der Waals surface area contributed by atoms with Gasteiger partial charge in [-0.2, -0.15) is 5.10 Å². The average molecular weight is 396 g/mol. The number of hydrogen-bond acceptors (Lipinski definition) is 4. The van der Waals surface area contributed by atoms with Gasteiger partial charge >= 0.3 is 0 Å². The molecule has 1 amide bonds. The van der Waals surface area contributed by atoms with E-state index in [4.69, 9.17) is 4.74 Å². The summed E-state index contributed by atoms with van der Waals surface area (Å²) >= 11 is 0. The fraction of sp³-hybridized carbons (Fsp3) is 0.565. The quantitative estimate of drug-likeness (QED) is 0.838. The second-order valence-electron chi connectivity index (χ2n) is 9.15. The Morgan fingerprint density at radius 2 is 2.07 bits per heavy atom. The van der Waals surface area contributed by atoms with Crippen LogP contribution in [0.3, 0.4) is 0 Å². The Balaban J connectivity index is 1.37. The molecular weight excluding hydrogens is 366 g/mol. The van der Waals surface area contributed by atoms with Gasteiger partial charge in [-0.15, -0.1) is 0 Å². The smallest absolute Gasteiger partial charge is 0.274 e. The van der Waals surface area contributed by atoms with E-state index in [0.717, 1.165) is 54.7 Å². The van der Waals surface area contributed by atoms with Gasteiger partial charge in [-0.1, -0.05) is 19.1 Å². The molecule has 154 valence electrons. The van der Waals surface area contributed by atoms with E-state index in [2.05, 4.69) is 17.1 Å². The second kappa shape index (κ2) is 6.87. The molecule has 0 bridgehead atoms. The van der Waals surface area contributed by atoms with Crippen molar-refractivity contribution in [1.29, 1.82) is 0 Å². The van der Waals surface area contributed by atoms with Gasteiger partial charge in [0.1, 0.15) is 5.75 Å². The van der Waals surface area contributed by atoms with Crippen molar-refractivity contribution in [2.24, 2.45) is 17.8 Å². The summed E-state index contributed by atoms with van der Waals surface area (Å²) in [6.07, 6.45) is 4.72. The van der Waals surface area contributed by atoms with Crippen LogP contribution in [0, 0.1) is 17.8 Å². The first-order valence-corrected chi connectivity index (χ1v) is 10.7. The SMILES string of the molecule is COc1ccc([C@@]2(O)CC[C@@H]3CN(C(=O)c4n[nH]c5c4CC(C)CC5)C[C@@H]32)cc1. The van der Waals surface area contributed by atoms with Gasteiger partial charge in [0, 0.05) is 30.3 Å². The number of nitrogens with zero attached hydrogens (tertiary/aromatic N) is 2. The fourth-order valence-electron chi connectivity index (χ4n) is 5.70. The maximum atomic E-state index is 13.3. The highest BCUT2D eigenvalue weighted by molar-refractivity contribution is 5.94. The van der Waals surface area contributed by atoms with Crippen LogP contribution >= 0.6 is 0 Å². The van der Waals surface area contributed by atoms with Gasteiger partial charge in [-0.3, -0.25) is 9.89 Å². The Morgan fingerprint density at radius 3 is 2.83 bits per heavy atom.